The Morgan fingerprint density at radius 1 is 1.11 bits per heavy atom. The third kappa shape index (κ3) is 4.04. The molecule has 0 amide bonds. The topological polar surface area (TPSA) is 39.1 Å². The molecule has 1 N–H and O–H groups in total. The van der Waals surface area contributed by atoms with Gasteiger partial charge in [-0.05, 0) is 49.7 Å². The molecule has 0 saturated carbocycles. The predicted octanol–water partition coefficient (Wildman–Crippen LogP) is 4.24. The first kappa shape index (κ1) is 19.5. The van der Waals surface area contributed by atoms with Crippen molar-refractivity contribution in [1.82, 2.24) is 15.1 Å². The number of piperidine rings is 1. The summed E-state index contributed by atoms with van der Waals surface area (Å²) in [5, 5.41) is 8.09. The number of benzene rings is 2. The summed E-state index contributed by atoms with van der Waals surface area (Å²) in [5.41, 5.74) is 0.575. The molecule has 1 atom stereocenters. The zero-order chi connectivity index (χ0) is 18.1. The summed E-state index contributed by atoms with van der Waals surface area (Å²) in [6.07, 6.45) is 2.13. The summed E-state index contributed by atoms with van der Waals surface area (Å²) in [5.74, 6) is -1.26. The second kappa shape index (κ2) is 8.19. The molecule has 2 aromatic carbocycles. The highest BCUT2D eigenvalue weighted by atomic mass is 35.5. The summed E-state index contributed by atoms with van der Waals surface area (Å²) < 4.78 is 48.3. The van der Waals surface area contributed by atoms with Gasteiger partial charge >= 0.3 is 0 Å². The van der Waals surface area contributed by atoms with Crippen molar-refractivity contribution in [3.8, 4) is 11.6 Å². The number of fused-ring (bicyclic) bond motifs is 1. The first-order chi connectivity index (χ1) is 12.6. The zero-order valence-corrected chi connectivity index (χ0v) is 15.2. The predicted molar refractivity (Wildman–Crippen MR) is 99.3 cm³/mol. The molecular weight excluding hydrogens is 379 g/mol. The van der Waals surface area contributed by atoms with Crippen molar-refractivity contribution in [3.05, 3.63) is 53.8 Å². The van der Waals surface area contributed by atoms with Gasteiger partial charge in [0.2, 0.25) is 5.88 Å². The van der Waals surface area contributed by atoms with Crippen molar-refractivity contribution in [2.75, 3.05) is 19.7 Å². The van der Waals surface area contributed by atoms with Crippen molar-refractivity contribution in [2.45, 2.75) is 12.8 Å². The van der Waals surface area contributed by atoms with Gasteiger partial charge in [0.15, 0.2) is 5.82 Å². The number of halogens is 4. The Morgan fingerprint density at radius 2 is 1.89 bits per heavy atom. The molecule has 0 spiro atoms. The van der Waals surface area contributed by atoms with Gasteiger partial charge in [-0.15, -0.1) is 17.5 Å². The number of ether oxygens (including phenoxy) is 1. The fourth-order valence-corrected chi connectivity index (χ4v) is 3.27. The molecule has 0 bridgehead atoms. The monoisotopic (exact) mass is 397 g/mol. The lowest BCUT2D eigenvalue weighted by Gasteiger charge is -2.22. The minimum Gasteiger partial charge on any atom is -0.476 e. The second-order valence-electron chi connectivity index (χ2n) is 6.50. The van der Waals surface area contributed by atoms with E-state index in [1.165, 1.54) is 28.9 Å². The quantitative estimate of drug-likeness (QED) is 0.715. The second-order valence-corrected chi connectivity index (χ2v) is 6.50. The van der Waals surface area contributed by atoms with Gasteiger partial charge in [0, 0.05) is 18.5 Å². The van der Waals surface area contributed by atoms with E-state index >= 15 is 0 Å². The van der Waals surface area contributed by atoms with E-state index in [4.69, 9.17) is 4.74 Å². The van der Waals surface area contributed by atoms with E-state index in [0.717, 1.165) is 38.1 Å². The third-order valence-corrected chi connectivity index (χ3v) is 4.60. The van der Waals surface area contributed by atoms with E-state index < -0.39 is 17.5 Å². The highest BCUT2D eigenvalue weighted by Crippen LogP contribution is 2.30. The van der Waals surface area contributed by atoms with Gasteiger partial charge in [-0.2, -0.15) is 0 Å². The van der Waals surface area contributed by atoms with Crippen LogP contribution in [-0.4, -0.2) is 29.5 Å². The van der Waals surface area contributed by atoms with E-state index in [1.54, 1.807) is 0 Å². The van der Waals surface area contributed by atoms with Gasteiger partial charge in [-0.3, -0.25) is 0 Å². The molecule has 0 unspecified atom stereocenters. The molecule has 3 aromatic rings. The molecule has 1 aliphatic heterocycles. The summed E-state index contributed by atoms with van der Waals surface area (Å²) in [6, 6.07) is 7.35. The summed E-state index contributed by atoms with van der Waals surface area (Å²) in [6.45, 7) is 2.31. The molecule has 144 valence electrons. The highest BCUT2D eigenvalue weighted by molar-refractivity contribution is 5.86. The minimum absolute atomic E-state index is 0. The van der Waals surface area contributed by atoms with Gasteiger partial charge in [0.05, 0.1) is 17.5 Å². The Balaban J connectivity index is 0.00000210. The zero-order valence-electron chi connectivity index (χ0n) is 14.4. The molecule has 1 fully saturated rings. The van der Waals surface area contributed by atoms with Crippen LogP contribution in [0.5, 0.6) is 5.88 Å². The van der Waals surface area contributed by atoms with Crippen LogP contribution in [0.4, 0.5) is 13.2 Å². The first-order valence-electron chi connectivity index (χ1n) is 8.59. The van der Waals surface area contributed by atoms with Crippen LogP contribution < -0.4 is 10.1 Å². The molecule has 8 heteroatoms. The molecule has 0 radical (unpaired) electrons. The Labute approximate surface area is 160 Å². The highest BCUT2D eigenvalue weighted by Gasteiger charge is 2.19. The number of aromatic nitrogens is 2. The van der Waals surface area contributed by atoms with Crippen LogP contribution in [0.3, 0.4) is 0 Å². The molecule has 0 aliphatic carbocycles. The lowest BCUT2D eigenvalue weighted by atomic mass is 10.0. The molecule has 4 nitrogen and oxygen atoms in total. The third-order valence-electron chi connectivity index (χ3n) is 4.60. The van der Waals surface area contributed by atoms with Crippen LogP contribution in [0.25, 0.3) is 16.6 Å². The van der Waals surface area contributed by atoms with Gasteiger partial charge in [0.25, 0.3) is 0 Å². The summed E-state index contributed by atoms with van der Waals surface area (Å²) in [7, 11) is 0. The fourth-order valence-electron chi connectivity index (χ4n) is 3.27. The van der Waals surface area contributed by atoms with E-state index in [9.17, 15) is 13.2 Å². The maximum Gasteiger partial charge on any atom is 0.241 e. The van der Waals surface area contributed by atoms with Gasteiger partial charge in [-0.25, -0.2) is 17.9 Å². The molecule has 1 aromatic heterocycles. The Hall–Kier alpha value is -2.25. The van der Waals surface area contributed by atoms with Crippen molar-refractivity contribution in [3.63, 3.8) is 0 Å². The van der Waals surface area contributed by atoms with Crippen LogP contribution in [0, 0.1) is 23.4 Å². The molecular formula is C19H19ClF3N3O. The molecule has 27 heavy (non-hydrogen) atoms. The minimum atomic E-state index is -0.748. The first-order valence-corrected chi connectivity index (χ1v) is 8.59. The largest absolute Gasteiger partial charge is 0.476 e. The number of rotatable bonds is 4. The Kier molecular flexibility index (Phi) is 5.92. The maximum atomic E-state index is 14.2. The molecule has 1 aliphatic rings. The smallest absolute Gasteiger partial charge is 0.241 e. The van der Waals surface area contributed by atoms with Crippen molar-refractivity contribution >= 4 is 23.3 Å². The van der Waals surface area contributed by atoms with E-state index in [2.05, 4.69) is 10.4 Å². The van der Waals surface area contributed by atoms with Gasteiger partial charge in [0.1, 0.15) is 17.3 Å². The SMILES string of the molecule is Cl.Fc1ccc(-n2nc(OC[C@H]3CCCNC3)c3cc(F)ccc32)c(F)c1. The Bertz CT molecular complexity index is 941. The lowest BCUT2D eigenvalue weighted by Crippen LogP contribution is -2.33. The van der Waals surface area contributed by atoms with E-state index in [-0.39, 0.29) is 24.0 Å². The normalized spacial score (nSPS) is 16.9. The number of hydrogen-bond acceptors (Lipinski definition) is 3. The molecule has 2 heterocycles. The van der Waals surface area contributed by atoms with E-state index in [0.29, 0.717) is 23.4 Å². The van der Waals surface area contributed by atoms with Crippen LogP contribution in [-0.2, 0) is 0 Å². The average Bonchev–Trinajstić information content (AvgIpc) is 2.98. The van der Waals surface area contributed by atoms with Crippen LogP contribution >= 0.6 is 12.4 Å². The van der Waals surface area contributed by atoms with Gasteiger partial charge in [-0.1, -0.05) is 0 Å². The number of hydrogen-bond donors (Lipinski definition) is 1. The summed E-state index contributed by atoms with van der Waals surface area (Å²) >= 11 is 0. The van der Waals surface area contributed by atoms with Crippen LogP contribution in [0.15, 0.2) is 36.4 Å². The molecule has 1 saturated heterocycles. The van der Waals surface area contributed by atoms with Crippen LogP contribution in [0.2, 0.25) is 0 Å². The van der Waals surface area contributed by atoms with E-state index in [1.807, 2.05) is 0 Å². The maximum absolute atomic E-state index is 14.2. The number of nitrogens with zero attached hydrogens (tertiary/aromatic N) is 2. The summed E-state index contributed by atoms with van der Waals surface area (Å²) in [4.78, 5) is 0. The van der Waals surface area contributed by atoms with Crippen molar-refractivity contribution in [2.24, 2.45) is 5.92 Å². The lowest BCUT2D eigenvalue weighted by molar-refractivity contribution is 0.213. The van der Waals surface area contributed by atoms with Crippen molar-refractivity contribution < 1.29 is 17.9 Å². The Morgan fingerprint density at radius 3 is 2.63 bits per heavy atom. The number of nitrogens with one attached hydrogen (secondary N) is 1. The van der Waals surface area contributed by atoms with Gasteiger partial charge < -0.3 is 10.1 Å². The average molecular weight is 398 g/mol. The standard InChI is InChI=1S/C19H18F3N3O.ClH/c20-13-3-5-17-15(8-13)19(26-11-12-2-1-7-23-10-12)24-25(17)18-6-4-14(21)9-16(18)22;/h3-6,8-9,12,23H,1-2,7,10-11H2;1H/t12-;/m0./s1. The van der Waals surface area contributed by atoms with Crippen molar-refractivity contribution in [1.29, 1.82) is 0 Å². The fraction of sp³-hybridized carbons (Fsp3) is 0.316. The van der Waals surface area contributed by atoms with Crippen LogP contribution in [0.1, 0.15) is 12.8 Å². The molecule has 4 rings (SSSR count).